The minimum Gasteiger partial charge on any atom is -0.306 e. The highest BCUT2D eigenvalue weighted by Crippen LogP contribution is 2.12. The summed E-state index contributed by atoms with van der Waals surface area (Å²) < 4.78 is 4.11. The van der Waals surface area contributed by atoms with Crippen LogP contribution in [0.2, 0.25) is 0 Å². The van der Waals surface area contributed by atoms with E-state index >= 15 is 0 Å². The Morgan fingerprint density at radius 1 is 1.11 bits per heavy atom. The van der Waals surface area contributed by atoms with Crippen LogP contribution in [0.25, 0.3) is 0 Å². The molecule has 0 bridgehead atoms. The fourth-order valence-corrected chi connectivity index (χ4v) is 2.17. The molecule has 2 aromatic rings. The van der Waals surface area contributed by atoms with Crippen molar-refractivity contribution < 1.29 is 0 Å². The molecule has 1 unspecified atom stereocenters. The lowest BCUT2D eigenvalue weighted by Crippen LogP contribution is -2.19. The van der Waals surface area contributed by atoms with Gasteiger partial charge in [0, 0.05) is 38.1 Å². The lowest BCUT2D eigenvalue weighted by Gasteiger charge is -2.14. The molecule has 5 heteroatoms. The van der Waals surface area contributed by atoms with Crippen LogP contribution in [0, 0.1) is 0 Å². The van der Waals surface area contributed by atoms with Gasteiger partial charge in [0.15, 0.2) is 0 Å². The van der Waals surface area contributed by atoms with E-state index in [1.165, 1.54) is 11.4 Å². The predicted octanol–water partition coefficient (Wildman–Crippen LogP) is 2.36. The second-order valence-electron chi connectivity index (χ2n) is 4.77. The summed E-state index contributed by atoms with van der Waals surface area (Å²) in [5, 5.41) is 12.1. The molecule has 0 aliphatic heterocycles. The molecule has 1 atom stereocenters. The van der Waals surface area contributed by atoms with Gasteiger partial charge in [-0.2, -0.15) is 10.2 Å². The highest BCUT2D eigenvalue weighted by Gasteiger charge is 2.08. The van der Waals surface area contributed by atoms with Crippen molar-refractivity contribution in [1.29, 1.82) is 0 Å². The first-order valence-corrected chi connectivity index (χ1v) is 7.00. The molecule has 0 saturated heterocycles. The van der Waals surface area contributed by atoms with E-state index in [2.05, 4.69) is 53.1 Å². The van der Waals surface area contributed by atoms with Crippen molar-refractivity contribution in [3.05, 3.63) is 35.9 Å². The normalized spacial score (nSPS) is 12.8. The van der Waals surface area contributed by atoms with Crippen LogP contribution >= 0.6 is 0 Å². The summed E-state index contributed by atoms with van der Waals surface area (Å²) in [5.41, 5.74) is 2.45. The van der Waals surface area contributed by atoms with E-state index in [0.717, 1.165) is 26.1 Å². The first kappa shape index (κ1) is 13.8. The van der Waals surface area contributed by atoms with Gasteiger partial charge in [0.25, 0.3) is 0 Å². The van der Waals surface area contributed by atoms with Gasteiger partial charge in [0.2, 0.25) is 0 Å². The van der Waals surface area contributed by atoms with Crippen LogP contribution in [0.1, 0.15) is 44.6 Å². The summed E-state index contributed by atoms with van der Waals surface area (Å²) in [6.45, 7) is 9.06. The largest absolute Gasteiger partial charge is 0.306 e. The Morgan fingerprint density at radius 3 is 2.53 bits per heavy atom. The molecular weight excluding hydrogens is 238 g/mol. The van der Waals surface area contributed by atoms with Gasteiger partial charge in [-0.15, -0.1) is 0 Å². The molecule has 104 valence electrons. The maximum atomic E-state index is 4.40. The summed E-state index contributed by atoms with van der Waals surface area (Å²) in [6, 6.07) is 4.59. The minimum absolute atomic E-state index is 0.452. The zero-order valence-electron chi connectivity index (χ0n) is 12.0. The van der Waals surface area contributed by atoms with Gasteiger partial charge >= 0.3 is 0 Å². The van der Waals surface area contributed by atoms with Gasteiger partial charge in [-0.3, -0.25) is 9.36 Å². The third-order valence-electron chi connectivity index (χ3n) is 3.48. The Bertz CT molecular complexity index is 499. The molecular formula is C14H23N5. The van der Waals surface area contributed by atoms with E-state index in [-0.39, 0.29) is 0 Å². The van der Waals surface area contributed by atoms with E-state index < -0.39 is 0 Å². The molecule has 1 N–H and O–H groups in total. The molecule has 0 aromatic carbocycles. The summed E-state index contributed by atoms with van der Waals surface area (Å²) in [6.07, 6.45) is 4.82. The van der Waals surface area contributed by atoms with Crippen molar-refractivity contribution in [1.82, 2.24) is 24.9 Å². The molecule has 0 fully saturated rings. The van der Waals surface area contributed by atoms with Gasteiger partial charge in [0.1, 0.15) is 0 Å². The van der Waals surface area contributed by atoms with Crippen molar-refractivity contribution in [2.45, 2.75) is 52.9 Å². The Kier molecular flexibility index (Phi) is 4.74. The molecule has 2 heterocycles. The van der Waals surface area contributed by atoms with Crippen molar-refractivity contribution in [3.8, 4) is 0 Å². The Balaban J connectivity index is 1.91. The fraction of sp³-hybridized carbons (Fsp3) is 0.571. The van der Waals surface area contributed by atoms with Crippen LogP contribution < -0.4 is 5.32 Å². The van der Waals surface area contributed by atoms with Gasteiger partial charge in [0.05, 0.1) is 11.4 Å². The monoisotopic (exact) mass is 261 g/mol. The van der Waals surface area contributed by atoms with E-state index in [1.54, 1.807) is 0 Å². The number of aryl methyl sites for hydroxylation is 1. The number of aromatic nitrogens is 4. The summed E-state index contributed by atoms with van der Waals surface area (Å²) in [4.78, 5) is 0. The van der Waals surface area contributed by atoms with Crippen LogP contribution in [0.3, 0.4) is 0 Å². The van der Waals surface area contributed by atoms with E-state index in [4.69, 9.17) is 0 Å². The highest BCUT2D eigenvalue weighted by atomic mass is 15.3. The van der Waals surface area contributed by atoms with E-state index in [0.29, 0.717) is 6.04 Å². The smallest absolute Gasteiger partial charge is 0.0525 e. The number of rotatable bonds is 7. The molecule has 2 aromatic heterocycles. The quantitative estimate of drug-likeness (QED) is 0.832. The maximum absolute atomic E-state index is 4.40. The lowest BCUT2D eigenvalue weighted by atomic mass is 10.2. The van der Waals surface area contributed by atoms with Crippen molar-refractivity contribution in [2.24, 2.45) is 0 Å². The summed E-state index contributed by atoms with van der Waals surface area (Å²) in [7, 11) is 0. The SMILES string of the molecule is CCC(C)n1nccc1CNCc1ccnn1CC. The van der Waals surface area contributed by atoms with Crippen LogP contribution in [-0.4, -0.2) is 19.6 Å². The predicted molar refractivity (Wildman–Crippen MR) is 75.7 cm³/mol. The van der Waals surface area contributed by atoms with Crippen LogP contribution in [0.15, 0.2) is 24.5 Å². The van der Waals surface area contributed by atoms with Crippen LogP contribution in [0.4, 0.5) is 0 Å². The minimum atomic E-state index is 0.452. The van der Waals surface area contributed by atoms with E-state index in [1.807, 2.05) is 17.1 Å². The lowest BCUT2D eigenvalue weighted by molar-refractivity contribution is 0.450. The average molecular weight is 261 g/mol. The molecule has 0 aliphatic carbocycles. The zero-order valence-corrected chi connectivity index (χ0v) is 12.0. The Labute approximate surface area is 114 Å². The fourth-order valence-electron chi connectivity index (χ4n) is 2.17. The molecule has 5 nitrogen and oxygen atoms in total. The second-order valence-corrected chi connectivity index (χ2v) is 4.77. The standard InChI is InChI=1S/C14H23N5/c1-4-12(3)19-14(7-9-17-19)11-15-10-13-6-8-16-18(13)5-2/h6-9,12,15H,4-5,10-11H2,1-3H3. The Morgan fingerprint density at radius 2 is 1.79 bits per heavy atom. The first-order valence-electron chi connectivity index (χ1n) is 7.00. The summed E-state index contributed by atoms with van der Waals surface area (Å²) in [5.74, 6) is 0. The third-order valence-corrected chi connectivity index (χ3v) is 3.48. The van der Waals surface area contributed by atoms with Crippen LogP contribution in [0.5, 0.6) is 0 Å². The van der Waals surface area contributed by atoms with Gasteiger partial charge in [-0.1, -0.05) is 6.92 Å². The molecule has 19 heavy (non-hydrogen) atoms. The molecule has 0 radical (unpaired) electrons. The molecule has 0 aliphatic rings. The molecule has 0 saturated carbocycles. The molecule has 2 rings (SSSR count). The Hall–Kier alpha value is -1.62. The average Bonchev–Trinajstić information content (AvgIpc) is 3.06. The summed E-state index contributed by atoms with van der Waals surface area (Å²) >= 11 is 0. The van der Waals surface area contributed by atoms with Crippen LogP contribution in [-0.2, 0) is 19.6 Å². The van der Waals surface area contributed by atoms with Gasteiger partial charge in [-0.05, 0) is 32.4 Å². The van der Waals surface area contributed by atoms with Crippen molar-refractivity contribution in [2.75, 3.05) is 0 Å². The third kappa shape index (κ3) is 3.23. The topological polar surface area (TPSA) is 47.7 Å². The van der Waals surface area contributed by atoms with Crippen molar-refractivity contribution in [3.63, 3.8) is 0 Å². The number of nitrogens with zero attached hydrogens (tertiary/aromatic N) is 4. The van der Waals surface area contributed by atoms with Gasteiger partial charge < -0.3 is 5.32 Å². The first-order chi connectivity index (χ1) is 9.26. The number of hydrogen-bond donors (Lipinski definition) is 1. The van der Waals surface area contributed by atoms with E-state index in [9.17, 15) is 0 Å². The second kappa shape index (κ2) is 6.52. The zero-order chi connectivity index (χ0) is 13.7. The van der Waals surface area contributed by atoms with Crippen molar-refractivity contribution >= 4 is 0 Å². The number of hydrogen-bond acceptors (Lipinski definition) is 3. The van der Waals surface area contributed by atoms with Gasteiger partial charge in [-0.25, -0.2) is 0 Å². The highest BCUT2D eigenvalue weighted by molar-refractivity contribution is 5.03. The molecule has 0 spiro atoms. The number of nitrogens with one attached hydrogen (secondary N) is 1. The maximum Gasteiger partial charge on any atom is 0.0525 e. The molecule has 0 amide bonds.